The minimum Gasteiger partial charge on any atom is -0.478 e. The molecule has 2 N–H and O–H groups in total. The number of rotatable bonds is 5. The fraction of sp³-hybridized carbons (Fsp3) is 0.526. The monoisotopic (exact) mass is 379 g/mol. The lowest BCUT2D eigenvalue weighted by atomic mass is 10.0. The van der Waals surface area contributed by atoms with Crippen LogP contribution in [0.5, 0.6) is 0 Å². The van der Waals surface area contributed by atoms with Crippen molar-refractivity contribution in [3.05, 3.63) is 34.9 Å². The Morgan fingerprint density at radius 3 is 2.48 bits per heavy atom. The van der Waals surface area contributed by atoms with Crippen LogP contribution in [0.4, 0.5) is 4.79 Å². The standard InChI is InChI=1S/C19H25NO7/c1-19(2,3)27-18(25)20-9-5-7-13(10-20)26-11-12-6-4-8-14(16(21)22)15(12)17(23)24/h4,6,8,13H,5,7,9-11H2,1-3H3,(H,21,22)(H,23,24). The molecule has 1 aromatic carbocycles. The van der Waals surface area contributed by atoms with E-state index in [1.54, 1.807) is 25.7 Å². The van der Waals surface area contributed by atoms with Crippen molar-refractivity contribution in [2.75, 3.05) is 13.1 Å². The first-order valence-electron chi connectivity index (χ1n) is 8.76. The summed E-state index contributed by atoms with van der Waals surface area (Å²) in [6, 6.07) is 4.27. The van der Waals surface area contributed by atoms with E-state index in [1.165, 1.54) is 18.2 Å². The van der Waals surface area contributed by atoms with Crippen molar-refractivity contribution in [2.24, 2.45) is 0 Å². The molecule has 1 heterocycles. The predicted molar refractivity (Wildman–Crippen MR) is 96.0 cm³/mol. The lowest BCUT2D eigenvalue weighted by Gasteiger charge is -2.34. The fourth-order valence-corrected chi connectivity index (χ4v) is 2.93. The minimum atomic E-state index is -1.31. The maximum Gasteiger partial charge on any atom is 0.410 e. The Kier molecular flexibility index (Phi) is 6.43. The molecule has 0 saturated carbocycles. The Balaban J connectivity index is 2.04. The molecule has 148 valence electrons. The van der Waals surface area contributed by atoms with E-state index in [2.05, 4.69) is 0 Å². The summed E-state index contributed by atoms with van der Waals surface area (Å²) in [6.45, 7) is 6.26. The van der Waals surface area contributed by atoms with Crippen LogP contribution in [-0.4, -0.2) is 57.9 Å². The molecule has 2 rings (SSSR count). The van der Waals surface area contributed by atoms with Gasteiger partial charge in [0.1, 0.15) is 5.60 Å². The van der Waals surface area contributed by atoms with Gasteiger partial charge in [-0.3, -0.25) is 0 Å². The Labute approximate surface area is 157 Å². The molecule has 1 aliphatic heterocycles. The third-order valence-corrected chi connectivity index (χ3v) is 4.10. The number of carbonyl (C=O) groups is 3. The number of aromatic carboxylic acids is 2. The second-order valence-electron chi connectivity index (χ2n) is 7.45. The van der Waals surface area contributed by atoms with Crippen LogP contribution in [0.15, 0.2) is 18.2 Å². The van der Waals surface area contributed by atoms with E-state index in [0.29, 0.717) is 13.1 Å². The molecule has 8 nitrogen and oxygen atoms in total. The van der Waals surface area contributed by atoms with Crippen LogP contribution < -0.4 is 0 Å². The topological polar surface area (TPSA) is 113 Å². The van der Waals surface area contributed by atoms with Gasteiger partial charge in [0.25, 0.3) is 0 Å². The van der Waals surface area contributed by atoms with Crippen molar-refractivity contribution in [3.63, 3.8) is 0 Å². The molecular formula is C19H25NO7. The van der Waals surface area contributed by atoms with Crippen LogP contribution in [0.2, 0.25) is 0 Å². The summed E-state index contributed by atoms with van der Waals surface area (Å²) in [5, 5.41) is 18.5. The van der Waals surface area contributed by atoms with E-state index in [9.17, 15) is 24.6 Å². The first-order chi connectivity index (χ1) is 12.6. The molecule has 0 aromatic heterocycles. The van der Waals surface area contributed by atoms with Gasteiger partial charge in [-0.15, -0.1) is 0 Å². The van der Waals surface area contributed by atoms with Gasteiger partial charge in [0.2, 0.25) is 0 Å². The molecule has 1 saturated heterocycles. The quantitative estimate of drug-likeness (QED) is 0.808. The molecule has 1 amide bonds. The fourth-order valence-electron chi connectivity index (χ4n) is 2.93. The number of benzene rings is 1. The summed E-state index contributed by atoms with van der Waals surface area (Å²) in [5.74, 6) is -2.62. The molecule has 0 aliphatic carbocycles. The second-order valence-corrected chi connectivity index (χ2v) is 7.45. The third-order valence-electron chi connectivity index (χ3n) is 4.10. The van der Waals surface area contributed by atoms with Crippen LogP contribution >= 0.6 is 0 Å². The highest BCUT2D eigenvalue weighted by Crippen LogP contribution is 2.21. The molecule has 1 atom stereocenters. The van der Waals surface area contributed by atoms with E-state index in [0.717, 1.165) is 12.8 Å². The highest BCUT2D eigenvalue weighted by atomic mass is 16.6. The number of hydrogen-bond acceptors (Lipinski definition) is 5. The zero-order valence-corrected chi connectivity index (χ0v) is 15.7. The largest absolute Gasteiger partial charge is 0.478 e. The number of amides is 1. The molecule has 1 aromatic rings. The van der Waals surface area contributed by atoms with Gasteiger partial charge in [0, 0.05) is 6.54 Å². The van der Waals surface area contributed by atoms with Gasteiger partial charge in [-0.1, -0.05) is 12.1 Å². The maximum atomic E-state index is 12.2. The summed E-state index contributed by atoms with van der Waals surface area (Å²) in [6.07, 6.45) is 0.779. The smallest absolute Gasteiger partial charge is 0.410 e. The number of piperidine rings is 1. The summed E-state index contributed by atoms with van der Waals surface area (Å²) in [7, 11) is 0. The van der Waals surface area contributed by atoms with Crippen LogP contribution in [-0.2, 0) is 16.1 Å². The van der Waals surface area contributed by atoms with Crippen LogP contribution in [0.25, 0.3) is 0 Å². The van der Waals surface area contributed by atoms with Gasteiger partial charge in [-0.25, -0.2) is 14.4 Å². The molecule has 8 heteroatoms. The van der Waals surface area contributed by atoms with Crippen molar-refractivity contribution in [1.82, 2.24) is 4.90 Å². The highest BCUT2D eigenvalue weighted by Gasteiger charge is 2.28. The first-order valence-corrected chi connectivity index (χ1v) is 8.76. The van der Waals surface area contributed by atoms with Crippen LogP contribution in [0.1, 0.15) is 59.9 Å². The molecule has 0 spiro atoms. The molecule has 0 radical (unpaired) electrons. The van der Waals surface area contributed by atoms with Crippen molar-refractivity contribution in [1.29, 1.82) is 0 Å². The summed E-state index contributed by atoms with van der Waals surface area (Å²) in [4.78, 5) is 36.5. The van der Waals surface area contributed by atoms with Gasteiger partial charge in [-0.2, -0.15) is 0 Å². The lowest BCUT2D eigenvalue weighted by molar-refractivity contribution is -0.0260. The zero-order chi connectivity index (χ0) is 20.2. The predicted octanol–water partition coefficient (Wildman–Crippen LogP) is 3.00. The number of likely N-dealkylation sites (tertiary alicyclic amines) is 1. The second kappa shape index (κ2) is 8.39. The van der Waals surface area contributed by atoms with Crippen molar-refractivity contribution < 1.29 is 34.1 Å². The van der Waals surface area contributed by atoms with Crippen LogP contribution in [0.3, 0.4) is 0 Å². The van der Waals surface area contributed by atoms with E-state index in [4.69, 9.17) is 9.47 Å². The summed E-state index contributed by atoms with van der Waals surface area (Å²) < 4.78 is 11.2. The maximum absolute atomic E-state index is 12.2. The molecular weight excluding hydrogens is 354 g/mol. The number of carboxylic acids is 2. The highest BCUT2D eigenvalue weighted by molar-refractivity contribution is 6.02. The number of ether oxygens (including phenoxy) is 2. The molecule has 1 aliphatic rings. The van der Waals surface area contributed by atoms with E-state index in [-0.39, 0.29) is 29.4 Å². The van der Waals surface area contributed by atoms with E-state index < -0.39 is 23.6 Å². The van der Waals surface area contributed by atoms with E-state index in [1.807, 2.05) is 0 Å². The summed E-state index contributed by atoms with van der Waals surface area (Å²) in [5.41, 5.74) is -0.845. The minimum absolute atomic E-state index is 0.0461. The van der Waals surface area contributed by atoms with Crippen molar-refractivity contribution >= 4 is 18.0 Å². The Hall–Kier alpha value is -2.61. The van der Waals surface area contributed by atoms with Crippen molar-refractivity contribution in [3.8, 4) is 0 Å². The average Bonchev–Trinajstić information content (AvgIpc) is 2.58. The Morgan fingerprint density at radius 2 is 1.89 bits per heavy atom. The normalized spacial score (nSPS) is 17.4. The lowest BCUT2D eigenvalue weighted by Crippen LogP contribution is -2.45. The molecule has 0 bridgehead atoms. The molecule has 27 heavy (non-hydrogen) atoms. The van der Waals surface area contributed by atoms with Gasteiger partial charge >= 0.3 is 18.0 Å². The van der Waals surface area contributed by atoms with Gasteiger partial charge in [-0.05, 0) is 45.2 Å². The average molecular weight is 379 g/mol. The number of nitrogens with zero attached hydrogens (tertiary/aromatic N) is 1. The van der Waals surface area contributed by atoms with Crippen LogP contribution in [0, 0.1) is 0 Å². The Morgan fingerprint density at radius 1 is 1.19 bits per heavy atom. The number of hydrogen-bond donors (Lipinski definition) is 2. The van der Waals surface area contributed by atoms with Gasteiger partial charge < -0.3 is 24.6 Å². The molecule has 1 unspecified atom stereocenters. The molecule has 1 fully saturated rings. The first kappa shape index (κ1) is 20.7. The van der Waals surface area contributed by atoms with Crippen molar-refractivity contribution in [2.45, 2.75) is 51.9 Å². The van der Waals surface area contributed by atoms with Gasteiger partial charge in [0.05, 0.1) is 30.4 Å². The Bertz CT molecular complexity index is 723. The third kappa shape index (κ3) is 5.68. The number of carbonyl (C=O) groups excluding carboxylic acids is 1. The zero-order valence-electron chi connectivity index (χ0n) is 15.7. The number of carboxylic acid groups (broad SMARTS) is 2. The SMILES string of the molecule is CC(C)(C)OC(=O)N1CCCC(OCc2cccc(C(=O)O)c2C(=O)O)C1. The van der Waals surface area contributed by atoms with E-state index >= 15 is 0 Å². The van der Waals surface area contributed by atoms with Gasteiger partial charge in [0.15, 0.2) is 0 Å². The summed E-state index contributed by atoms with van der Waals surface area (Å²) >= 11 is 0.